The number of hydrogen-bond donors (Lipinski definition) is 1. The van der Waals surface area contributed by atoms with Crippen LogP contribution in [0.25, 0.3) is 0 Å². The Kier molecular flexibility index (Phi) is 6.05. The lowest BCUT2D eigenvalue weighted by molar-refractivity contribution is 0.159. The van der Waals surface area contributed by atoms with Gasteiger partial charge in [0.05, 0.1) is 5.69 Å². The summed E-state index contributed by atoms with van der Waals surface area (Å²) in [6.45, 7) is 12.4. The Morgan fingerprint density at radius 2 is 2.35 bits per heavy atom. The maximum Gasteiger partial charge on any atom is 0.0524 e. The number of piperidine rings is 1. The van der Waals surface area contributed by atoms with Crippen molar-refractivity contribution in [3.8, 4) is 0 Å². The van der Waals surface area contributed by atoms with Crippen LogP contribution in [0.15, 0.2) is 12.3 Å². The molecule has 20 heavy (non-hydrogen) atoms. The van der Waals surface area contributed by atoms with Gasteiger partial charge in [0.2, 0.25) is 0 Å². The summed E-state index contributed by atoms with van der Waals surface area (Å²) in [7, 11) is 0. The highest BCUT2D eigenvalue weighted by atomic mass is 15.3. The maximum absolute atomic E-state index is 4.44. The van der Waals surface area contributed by atoms with Crippen LogP contribution in [0, 0.1) is 5.92 Å². The van der Waals surface area contributed by atoms with Gasteiger partial charge in [0.15, 0.2) is 0 Å². The Hall–Kier alpha value is -0.870. The van der Waals surface area contributed by atoms with E-state index in [1.54, 1.807) is 0 Å². The first-order chi connectivity index (χ1) is 9.70. The number of aromatic nitrogens is 2. The number of nitrogens with one attached hydrogen (secondary N) is 1. The molecule has 1 aliphatic rings. The summed E-state index contributed by atoms with van der Waals surface area (Å²) in [5.74, 6) is 0.800. The third-order valence-electron chi connectivity index (χ3n) is 4.23. The van der Waals surface area contributed by atoms with Crippen molar-refractivity contribution >= 4 is 0 Å². The van der Waals surface area contributed by atoms with Crippen LogP contribution in [0.4, 0.5) is 0 Å². The summed E-state index contributed by atoms with van der Waals surface area (Å²) in [6, 6.07) is 2.76. The van der Waals surface area contributed by atoms with Crippen molar-refractivity contribution < 1.29 is 0 Å². The Balaban J connectivity index is 1.95. The highest BCUT2D eigenvalue weighted by Crippen LogP contribution is 2.16. The molecule has 0 radical (unpaired) electrons. The summed E-state index contributed by atoms with van der Waals surface area (Å²) in [4.78, 5) is 2.60. The fraction of sp³-hybridized carbons (Fsp3) is 0.812. The lowest BCUT2D eigenvalue weighted by Crippen LogP contribution is -2.41. The zero-order chi connectivity index (χ0) is 14.4. The van der Waals surface area contributed by atoms with Gasteiger partial charge in [-0.05, 0) is 58.2 Å². The lowest BCUT2D eigenvalue weighted by atomic mass is 9.98. The van der Waals surface area contributed by atoms with Crippen LogP contribution in [0.1, 0.15) is 45.7 Å². The third-order valence-corrected chi connectivity index (χ3v) is 4.23. The topological polar surface area (TPSA) is 33.1 Å². The molecule has 1 saturated heterocycles. The second-order valence-electron chi connectivity index (χ2n) is 6.28. The minimum atomic E-state index is 0.585. The van der Waals surface area contributed by atoms with E-state index in [0.717, 1.165) is 25.4 Å². The molecule has 114 valence electrons. The van der Waals surface area contributed by atoms with E-state index in [4.69, 9.17) is 0 Å². The molecule has 0 spiro atoms. The molecule has 0 aromatic carbocycles. The summed E-state index contributed by atoms with van der Waals surface area (Å²) in [5.41, 5.74) is 1.35. The van der Waals surface area contributed by atoms with E-state index >= 15 is 0 Å². The standard InChI is InChI=1S/C16H30N4/c1-4-10-20-16(7-9-18-20)13-19(14(2)3)12-15-6-5-8-17-11-15/h7,9,14-15,17H,4-6,8,10-13H2,1-3H3. The number of aryl methyl sites for hydroxylation is 1. The molecule has 0 saturated carbocycles. The van der Waals surface area contributed by atoms with E-state index < -0.39 is 0 Å². The van der Waals surface area contributed by atoms with Crippen molar-refractivity contribution in [3.05, 3.63) is 18.0 Å². The summed E-state index contributed by atoms with van der Waals surface area (Å²) < 4.78 is 2.16. The predicted octanol–water partition coefficient (Wildman–Crippen LogP) is 2.50. The summed E-state index contributed by atoms with van der Waals surface area (Å²) >= 11 is 0. The van der Waals surface area contributed by atoms with E-state index in [-0.39, 0.29) is 0 Å². The van der Waals surface area contributed by atoms with Gasteiger partial charge in [0.25, 0.3) is 0 Å². The van der Waals surface area contributed by atoms with Crippen molar-refractivity contribution in [2.45, 2.75) is 59.2 Å². The molecule has 4 nitrogen and oxygen atoms in total. The monoisotopic (exact) mass is 278 g/mol. The van der Waals surface area contributed by atoms with Gasteiger partial charge in [-0.3, -0.25) is 9.58 Å². The lowest BCUT2D eigenvalue weighted by Gasteiger charge is -2.32. The average Bonchev–Trinajstić information content (AvgIpc) is 2.87. The molecule has 1 atom stereocenters. The van der Waals surface area contributed by atoms with Crippen molar-refractivity contribution in [3.63, 3.8) is 0 Å². The Morgan fingerprint density at radius 3 is 3.00 bits per heavy atom. The Bertz CT molecular complexity index is 380. The van der Waals surface area contributed by atoms with Gasteiger partial charge >= 0.3 is 0 Å². The first-order valence-corrected chi connectivity index (χ1v) is 8.16. The molecule has 2 rings (SSSR count). The van der Waals surface area contributed by atoms with Crippen molar-refractivity contribution in [1.82, 2.24) is 20.0 Å². The molecule has 1 fully saturated rings. The quantitative estimate of drug-likeness (QED) is 0.832. The van der Waals surface area contributed by atoms with Crippen LogP contribution in [0.2, 0.25) is 0 Å². The minimum absolute atomic E-state index is 0.585. The number of nitrogens with zero attached hydrogens (tertiary/aromatic N) is 3. The van der Waals surface area contributed by atoms with E-state index in [0.29, 0.717) is 6.04 Å². The second-order valence-corrected chi connectivity index (χ2v) is 6.28. The van der Waals surface area contributed by atoms with E-state index in [1.165, 1.54) is 38.2 Å². The summed E-state index contributed by atoms with van der Waals surface area (Å²) in [6.07, 6.45) is 5.77. The highest BCUT2D eigenvalue weighted by molar-refractivity contribution is 5.01. The Labute approximate surface area is 123 Å². The molecule has 0 aliphatic carbocycles. The van der Waals surface area contributed by atoms with Gasteiger partial charge in [-0.25, -0.2) is 0 Å². The van der Waals surface area contributed by atoms with Gasteiger partial charge in [-0.2, -0.15) is 5.10 Å². The molecule has 1 aromatic heterocycles. The molecule has 4 heteroatoms. The van der Waals surface area contributed by atoms with E-state index in [9.17, 15) is 0 Å². The maximum atomic E-state index is 4.44. The molecular weight excluding hydrogens is 248 g/mol. The van der Waals surface area contributed by atoms with Crippen LogP contribution in [-0.2, 0) is 13.1 Å². The van der Waals surface area contributed by atoms with E-state index in [2.05, 4.69) is 46.8 Å². The van der Waals surface area contributed by atoms with E-state index in [1.807, 2.05) is 6.20 Å². The third kappa shape index (κ3) is 4.32. The predicted molar refractivity (Wildman–Crippen MR) is 83.7 cm³/mol. The molecule has 1 unspecified atom stereocenters. The highest BCUT2D eigenvalue weighted by Gasteiger charge is 2.20. The number of rotatable bonds is 7. The zero-order valence-electron chi connectivity index (χ0n) is 13.3. The van der Waals surface area contributed by atoms with Crippen LogP contribution in [-0.4, -0.2) is 40.4 Å². The fourth-order valence-electron chi connectivity index (χ4n) is 2.99. The first-order valence-electron chi connectivity index (χ1n) is 8.16. The summed E-state index contributed by atoms with van der Waals surface area (Å²) in [5, 5.41) is 7.97. The number of hydrogen-bond acceptors (Lipinski definition) is 3. The van der Waals surface area contributed by atoms with Crippen LogP contribution < -0.4 is 5.32 Å². The van der Waals surface area contributed by atoms with Gasteiger partial charge in [0.1, 0.15) is 0 Å². The molecule has 0 amide bonds. The van der Waals surface area contributed by atoms with Crippen LogP contribution in [0.5, 0.6) is 0 Å². The second kappa shape index (κ2) is 7.79. The fourth-order valence-corrected chi connectivity index (χ4v) is 2.99. The largest absolute Gasteiger partial charge is 0.316 e. The van der Waals surface area contributed by atoms with Gasteiger partial charge in [0, 0.05) is 31.9 Å². The zero-order valence-corrected chi connectivity index (χ0v) is 13.3. The molecule has 2 heterocycles. The smallest absolute Gasteiger partial charge is 0.0524 e. The van der Waals surface area contributed by atoms with Crippen LogP contribution in [0.3, 0.4) is 0 Å². The first kappa shape index (κ1) is 15.5. The SMILES string of the molecule is CCCn1nccc1CN(CC1CCCNC1)C(C)C. The Morgan fingerprint density at radius 1 is 1.50 bits per heavy atom. The van der Waals surface area contributed by atoms with Gasteiger partial charge in [-0.1, -0.05) is 6.92 Å². The van der Waals surface area contributed by atoms with Crippen molar-refractivity contribution in [1.29, 1.82) is 0 Å². The minimum Gasteiger partial charge on any atom is -0.316 e. The molecule has 0 bridgehead atoms. The molecule has 1 aliphatic heterocycles. The molecular formula is C16H30N4. The molecule has 1 N–H and O–H groups in total. The molecule has 1 aromatic rings. The van der Waals surface area contributed by atoms with Gasteiger partial charge < -0.3 is 5.32 Å². The van der Waals surface area contributed by atoms with Crippen LogP contribution >= 0.6 is 0 Å². The normalized spacial score (nSPS) is 19.9. The average molecular weight is 278 g/mol. The van der Waals surface area contributed by atoms with Gasteiger partial charge in [-0.15, -0.1) is 0 Å². The van der Waals surface area contributed by atoms with Crippen molar-refractivity contribution in [2.75, 3.05) is 19.6 Å². The van der Waals surface area contributed by atoms with Crippen molar-refractivity contribution in [2.24, 2.45) is 5.92 Å².